The summed E-state index contributed by atoms with van der Waals surface area (Å²) in [6.07, 6.45) is 6.13. The monoisotopic (exact) mass is 470 g/mol. The van der Waals surface area contributed by atoms with E-state index in [9.17, 15) is 4.79 Å². The first-order valence-electron chi connectivity index (χ1n) is 10.8. The van der Waals surface area contributed by atoms with Gasteiger partial charge >= 0.3 is 0 Å². The smallest absolute Gasteiger partial charge is 0.251 e. The zero-order chi connectivity index (χ0) is 23.4. The molecule has 1 unspecified atom stereocenters. The minimum atomic E-state index is -0.154. The lowest BCUT2D eigenvalue weighted by Crippen LogP contribution is -2.29. The summed E-state index contributed by atoms with van der Waals surface area (Å²) in [6, 6.07) is 5.41. The first kappa shape index (κ1) is 23.0. The van der Waals surface area contributed by atoms with Crippen molar-refractivity contribution in [2.24, 2.45) is 5.92 Å². The fourth-order valence-corrected chi connectivity index (χ4v) is 3.71. The lowest BCUT2D eigenvalue weighted by Gasteiger charge is -2.13. The summed E-state index contributed by atoms with van der Waals surface area (Å²) in [7, 11) is 1.55. The lowest BCUT2D eigenvalue weighted by molar-refractivity contribution is 0.0944. The molecule has 0 bridgehead atoms. The van der Waals surface area contributed by atoms with Crippen LogP contribution < -0.4 is 15.4 Å². The van der Waals surface area contributed by atoms with Crippen LogP contribution in [0.4, 0.5) is 11.6 Å². The molecule has 0 saturated carbocycles. The number of hydrogen-bond acceptors (Lipinski definition) is 7. The molecule has 1 atom stereocenters. The van der Waals surface area contributed by atoms with Crippen LogP contribution in [0.2, 0.25) is 5.02 Å². The van der Waals surface area contributed by atoms with E-state index in [1.165, 1.54) is 0 Å². The number of halogens is 1. The van der Waals surface area contributed by atoms with E-state index in [1.807, 2.05) is 24.7 Å². The predicted molar refractivity (Wildman–Crippen MR) is 126 cm³/mol. The molecule has 0 spiro atoms. The Labute approximate surface area is 197 Å². The molecule has 0 radical (unpaired) electrons. The number of anilines is 2. The Morgan fingerprint density at radius 1 is 1.36 bits per heavy atom. The molecule has 2 N–H and O–H groups in total. The van der Waals surface area contributed by atoms with Gasteiger partial charge in [0.1, 0.15) is 5.75 Å². The van der Waals surface area contributed by atoms with Gasteiger partial charge in [0, 0.05) is 42.4 Å². The van der Waals surface area contributed by atoms with Crippen molar-refractivity contribution in [1.29, 1.82) is 0 Å². The normalized spacial score (nSPS) is 15.6. The third kappa shape index (κ3) is 5.43. The maximum Gasteiger partial charge on any atom is 0.251 e. The third-order valence-electron chi connectivity index (χ3n) is 5.43. The largest absolute Gasteiger partial charge is 0.495 e. The molecule has 174 valence electrons. The van der Waals surface area contributed by atoms with Crippen LogP contribution in [-0.4, -0.2) is 52.5 Å². The number of carbonyl (C=O) groups excluding carboxylic acids is 1. The zero-order valence-electron chi connectivity index (χ0n) is 18.8. The number of carbonyl (C=O) groups is 1. The minimum Gasteiger partial charge on any atom is -0.495 e. The molecule has 10 heteroatoms. The van der Waals surface area contributed by atoms with Crippen LogP contribution in [0.15, 0.2) is 36.8 Å². The fourth-order valence-electron chi connectivity index (χ4n) is 3.51. The van der Waals surface area contributed by atoms with E-state index in [0.29, 0.717) is 52.7 Å². The van der Waals surface area contributed by atoms with E-state index in [1.54, 1.807) is 37.7 Å². The van der Waals surface area contributed by atoms with E-state index in [2.05, 4.69) is 25.7 Å². The van der Waals surface area contributed by atoms with Crippen LogP contribution in [0.3, 0.4) is 0 Å². The molecule has 3 heterocycles. The van der Waals surface area contributed by atoms with E-state index < -0.39 is 0 Å². The van der Waals surface area contributed by atoms with Crippen molar-refractivity contribution in [2.75, 3.05) is 32.2 Å². The topological polar surface area (TPSA) is 103 Å². The van der Waals surface area contributed by atoms with Gasteiger partial charge in [-0.2, -0.15) is 5.10 Å². The molecule has 1 fully saturated rings. The lowest BCUT2D eigenvalue weighted by atomic mass is 10.1. The standard InChI is InChI=1S/C23H27ClN6O3/c1-14(2)30-12-17(10-27-30)21-18(24)11-26-23(29-21)28-19-5-4-16(8-20(19)32-3)22(31)25-9-15-6-7-33-13-15/h4-5,8,10-12,14-15H,6-7,9,13H2,1-3H3,(H,25,31)(H,26,28,29). The number of nitrogens with zero attached hydrogens (tertiary/aromatic N) is 4. The number of hydrogen-bond donors (Lipinski definition) is 2. The predicted octanol–water partition coefficient (Wildman–Crippen LogP) is 4.09. The van der Waals surface area contributed by atoms with Gasteiger partial charge in [0.25, 0.3) is 5.91 Å². The van der Waals surface area contributed by atoms with Gasteiger partial charge in [-0.1, -0.05) is 11.6 Å². The Morgan fingerprint density at radius 2 is 2.21 bits per heavy atom. The second kappa shape index (κ2) is 10.2. The zero-order valence-corrected chi connectivity index (χ0v) is 19.6. The van der Waals surface area contributed by atoms with Crippen molar-refractivity contribution in [3.63, 3.8) is 0 Å². The summed E-state index contributed by atoms with van der Waals surface area (Å²) in [5.74, 6) is 1.06. The Kier molecular flexibility index (Phi) is 7.10. The number of amides is 1. The molecule has 4 rings (SSSR count). The van der Waals surface area contributed by atoms with E-state index in [4.69, 9.17) is 21.1 Å². The molecule has 2 aromatic heterocycles. The Hall–Kier alpha value is -3.17. The van der Waals surface area contributed by atoms with Crippen LogP contribution in [0, 0.1) is 5.92 Å². The molecular weight excluding hydrogens is 444 g/mol. The number of nitrogens with one attached hydrogen (secondary N) is 2. The van der Waals surface area contributed by atoms with Crippen molar-refractivity contribution < 1.29 is 14.3 Å². The Bertz CT molecular complexity index is 1130. The average molecular weight is 471 g/mol. The van der Waals surface area contributed by atoms with E-state index in [0.717, 1.165) is 18.6 Å². The second-order valence-electron chi connectivity index (χ2n) is 8.17. The molecule has 33 heavy (non-hydrogen) atoms. The van der Waals surface area contributed by atoms with Gasteiger partial charge in [0.2, 0.25) is 5.95 Å². The van der Waals surface area contributed by atoms with Crippen LogP contribution in [0.5, 0.6) is 5.75 Å². The van der Waals surface area contributed by atoms with Crippen LogP contribution in [0.1, 0.15) is 36.7 Å². The summed E-state index contributed by atoms with van der Waals surface area (Å²) < 4.78 is 12.7. The van der Waals surface area contributed by atoms with Crippen molar-refractivity contribution >= 4 is 29.1 Å². The molecule has 1 saturated heterocycles. The quantitative estimate of drug-likeness (QED) is 0.511. The Morgan fingerprint density at radius 3 is 2.91 bits per heavy atom. The molecule has 3 aromatic rings. The highest BCUT2D eigenvalue weighted by Gasteiger charge is 2.18. The molecule has 9 nitrogen and oxygen atoms in total. The van der Waals surface area contributed by atoms with Crippen LogP contribution >= 0.6 is 11.6 Å². The SMILES string of the molecule is COc1cc(C(=O)NCC2CCOC2)ccc1Nc1ncc(Cl)c(-c2cnn(C(C)C)c2)n1. The van der Waals surface area contributed by atoms with Gasteiger partial charge in [-0.25, -0.2) is 9.97 Å². The van der Waals surface area contributed by atoms with Crippen LogP contribution in [0.25, 0.3) is 11.3 Å². The summed E-state index contributed by atoms with van der Waals surface area (Å²) >= 11 is 6.35. The first-order chi connectivity index (χ1) is 15.9. The van der Waals surface area contributed by atoms with Gasteiger partial charge in [-0.15, -0.1) is 0 Å². The highest BCUT2D eigenvalue weighted by molar-refractivity contribution is 6.32. The molecule has 0 aliphatic carbocycles. The number of ether oxygens (including phenoxy) is 2. The highest BCUT2D eigenvalue weighted by Crippen LogP contribution is 2.31. The van der Waals surface area contributed by atoms with Gasteiger partial charge < -0.3 is 20.1 Å². The van der Waals surface area contributed by atoms with E-state index >= 15 is 0 Å². The fraction of sp³-hybridized carbons (Fsp3) is 0.391. The molecule has 1 aliphatic heterocycles. The van der Waals surface area contributed by atoms with Crippen molar-refractivity contribution in [3.05, 3.63) is 47.4 Å². The number of aromatic nitrogens is 4. The Balaban J connectivity index is 1.50. The summed E-state index contributed by atoms with van der Waals surface area (Å²) in [5, 5.41) is 10.9. The van der Waals surface area contributed by atoms with Gasteiger partial charge in [-0.3, -0.25) is 9.48 Å². The molecular formula is C23H27ClN6O3. The summed E-state index contributed by atoms with van der Waals surface area (Å²) in [5.41, 5.74) is 2.51. The van der Waals surface area contributed by atoms with Crippen LogP contribution in [-0.2, 0) is 4.74 Å². The highest BCUT2D eigenvalue weighted by atomic mass is 35.5. The summed E-state index contributed by atoms with van der Waals surface area (Å²) in [4.78, 5) is 21.4. The van der Waals surface area contributed by atoms with Crippen molar-refractivity contribution in [2.45, 2.75) is 26.3 Å². The molecule has 1 aliphatic rings. The molecule has 1 amide bonds. The maximum atomic E-state index is 12.6. The number of benzene rings is 1. The number of methoxy groups -OCH3 is 1. The van der Waals surface area contributed by atoms with Crippen molar-refractivity contribution in [3.8, 4) is 17.0 Å². The third-order valence-corrected chi connectivity index (χ3v) is 5.71. The van der Waals surface area contributed by atoms with E-state index in [-0.39, 0.29) is 11.9 Å². The minimum absolute atomic E-state index is 0.154. The molecule has 1 aromatic carbocycles. The number of rotatable bonds is 8. The first-order valence-corrected chi connectivity index (χ1v) is 11.2. The second-order valence-corrected chi connectivity index (χ2v) is 8.58. The van der Waals surface area contributed by atoms with Gasteiger partial charge in [0.05, 0.1) is 42.5 Å². The van der Waals surface area contributed by atoms with Gasteiger partial charge in [-0.05, 0) is 38.5 Å². The maximum absolute atomic E-state index is 12.6. The average Bonchev–Trinajstić information content (AvgIpc) is 3.51. The van der Waals surface area contributed by atoms with Crippen molar-refractivity contribution in [1.82, 2.24) is 25.1 Å². The van der Waals surface area contributed by atoms with Gasteiger partial charge in [0.15, 0.2) is 0 Å². The summed E-state index contributed by atoms with van der Waals surface area (Å²) in [6.45, 7) is 6.13.